The number of nitrogens with zero attached hydrogens (tertiary/aromatic N) is 3. The monoisotopic (exact) mass is 389 g/mol. The van der Waals surface area contributed by atoms with Crippen LogP contribution in [0.2, 0.25) is 0 Å². The summed E-state index contributed by atoms with van der Waals surface area (Å²) in [5.41, 5.74) is 2.06. The zero-order chi connectivity index (χ0) is 18.9. The van der Waals surface area contributed by atoms with Gasteiger partial charge in [-0.2, -0.15) is 0 Å². The molecule has 4 aromatic rings. The predicted octanol–water partition coefficient (Wildman–Crippen LogP) is 5.99. The molecule has 1 unspecified atom stereocenters. The molecular formula is C23H23N3OS. The van der Waals surface area contributed by atoms with Crippen LogP contribution in [0.25, 0.3) is 22.2 Å². The van der Waals surface area contributed by atoms with Gasteiger partial charge in [0.15, 0.2) is 0 Å². The number of fused-ring (bicyclic) bond motifs is 1. The first-order valence-corrected chi connectivity index (χ1v) is 10.7. The highest BCUT2D eigenvalue weighted by atomic mass is 32.1. The van der Waals surface area contributed by atoms with Gasteiger partial charge < -0.3 is 4.42 Å². The lowest BCUT2D eigenvalue weighted by Crippen LogP contribution is -2.33. The van der Waals surface area contributed by atoms with Gasteiger partial charge in [0, 0.05) is 23.7 Å². The second-order valence-electron chi connectivity index (χ2n) is 7.44. The number of aromatic nitrogens is 2. The van der Waals surface area contributed by atoms with E-state index in [2.05, 4.69) is 57.7 Å². The van der Waals surface area contributed by atoms with E-state index in [4.69, 9.17) is 9.40 Å². The summed E-state index contributed by atoms with van der Waals surface area (Å²) in [6.07, 6.45) is 5.57. The third-order valence-corrected chi connectivity index (χ3v) is 6.47. The van der Waals surface area contributed by atoms with Crippen LogP contribution in [0.3, 0.4) is 0 Å². The number of hydrogen-bond acceptors (Lipinski definition) is 5. The summed E-state index contributed by atoms with van der Waals surface area (Å²) in [7, 11) is 0. The number of benzene rings is 2. The zero-order valence-corrected chi connectivity index (χ0v) is 16.8. The van der Waals surface area contributed by atoms with E-state index in [0.717, 1.165) is 30.1 Å². The fourth-order valence-corrected chi connectivity index (χ4v) is 4.88. The van der Waals surface area contributed by atoms with E-state index >= 15 is 0 Å². The van der Waals surface area contributed by atoms with E-state index in [-0.39, 0.29) is 0 Å². The molecule has 1 aliphatic heterocycles. The van der Waals surface area contributed by atoms with Crippen LogP contribution < -0.4 is 0 Å². The van der Waals surface area contributed by atoms with Gasteiger partial charge in [-0.3, -0.25) is 4.90 Å². The van der Waals surface area contributed by atoms with Gasteiger partial charge in [-0.25, -0.2) is 9.97 Å². The topological polar surface area (TPSA) is 42.2 Å². The Bertz CT molecular complexity index is 1090. The summed E-state index contributed by atoms with van der Waals surface area (Å²) in [6.45, 7) is 3.92. The maximum Gasteiger partial charge on any atom is 0.226 e. The van der Waals surface area contributed by atoms with Crippen molar-refractivity contribution in [2.24, 2.45) is 0 Å². The van der Waals surface area contributed by atoms with Gasteiger partial charge in [0.25, 0.3) is 0 Å². The summed E-state index contributed by atoms with van der Waals surface area (Å²) >= 11 is 1.75. The summed E-state index contributed by atoms with van der Waals surface area (Å²) < 4.78 is 6.07. The Balaban J connectivity index is 1.42. The fourth-order valence-electron chi connectivity index (χ4n) is 4.07. The van der Waals surface area contributed by atoms with Crippen molar-refractivity contribution in [3.05, 3.63) is 70.5 Å². The van der Waals surface area contributed by atoms with Crippen LogP contribution in [0.4, 0.5) is 0 Å². The molecule has 1 atom stereocenters. The molecule has 5 rings (SSSR count). The number of hydrogen-bond donors (Lipinski definition) is 0. The van der Waals surface area contributed by atoms with E-state index in [1.165, 1.54) is 35.0 Å². The molecule has 142 valence electrons. The van der Waals surface area contributed by atoms with Crippen molar-refractivity contribution in [3.63, 3.8) is 0 Å². The molecule has 3 heterocycles. The molecular weight excluding hydrogens is 366 g/mol. The predicted molar refractivity (Wildman–Crippen MR) is 113 cm³/mol. The molecule has 0 aliphatic carbocycles. The average Bonchev–Trinajstić information content (AvgIpc) is 3.39. The second-order valence-corrected chi connectivity index (χ2v) is 8.36. The standard InChI is InChI=1S/C23H23N3OS/c1-16-20(15-26-12-5-4-8-21(26)23-24-11-13-28-23)25-22(27-16)19-10-9-17-6-2-3-7-18(17)14-19/h2-3,6-7,9-11,13-14,21H,4-5,8,12,15H2,1H3. The van der Waals surface area contributed by atoms with Crippen LogP contribution >= 0.6 is 11.3 Å². The highest BCUT2D eigenvalue weighted by molar-refractivity contribution is 7.09. The van der Waals surface area contributed by atoms with Crippen molar-refractivity contribution in [2.75, 3.05) is 6.54 Å². The molecule has 28 heavy (non-hydrogen) atoms. The fraction of sp³-hybridized carbons (Fsp3) is 0.304. The third-order valence-electron chi connectivity index (χ3n) is 5.59. The maximum absolute atomic E-state index is 6.07. The number of likely N-dealkylation sites (tertiary alicyclic amines) is 1. The average molecular weight is 390 g/mol. The largest absolute Gasteiger partial charge is 0.441 e. The molecule has 1 saturated heterocycles. The van der Waals surface area contributed by atoms with Gasteiger partial charge in [-0.15, -0.1) is 11.3 Å². The van der Waals surface area contributed by atoms with Gasteiger partial charge in [0.2, 0.25) is 5.89 Å². The highest BCUT2D eigenvalue weighted by Gasteiger charge is 2.27. The quantitative estimate of drug-likeness (QED) is 0.430. The Labute approximate surface area is 168 Å². The molecule has 0 bridgehead atoms. The molecule has 0 amide bonds. The third kappa shape index (κ3) is 3.36. The molecule has 1 fully saturated rings. The number of aryl methyl sites for hydroxylation is 1. The molecule has 1 aliphatic rings. The van der Waals surface area contributed by atoms with Gasteiger partial charge in [-0.1, -0.05) is 36.8 Å². The Morgan fingerprint density at radius 1 is 1.14 bits per heavy atom. The zero-order valence-electron chi connectivity index (χ0n) is 16.0. The molecule has 0 radical (unpaired) electrons. The Morgan fingerprint density at radius 3 is 2.89 bits per heavy atom. The Morgan fingerprint density at radius 2 is 2.04 bits per heavy atom. The first-order chi connectivity index (χ1) is 13.8. The molecule has 0 spiro atoms. The van der Waals surface area contributed by atoms with Crippen LogP contribution in [0.1, 0.15) is 41.8 Å². The first-order valence-electron chi connectivity index (χ1n) is 9.87. The molecule has 2 aromatic heterocycles. The lowest BCUT2D eigenvalue weighted by Gasteiger charge is -2.33. The van der Waals surface area contributed by atoms with Crippen molar-refractivity contribution >= 4 is 22.1 Å². The van der Waals surface area contributed by atoms with Gasteiger partial charge >= 0.3 is 0 Å². The molecule has 4 nitrogen and oxygen atoms in total. The lowest BCUT2D eigenvalue weighted by molar-refractivity contribution is 0.138. The molecule has 0 saturated carbocycles. The normalized spacial score (nSPS) is 18.0. The number of thiazole rings is 1. The minimum Gasteiger partial charge on any atom is -0.441 e. The van der Waals surface area contributed by atoms with Crippen LogP contribution in [0.15, 0.2) is 58.5 Å². The number of oxazole rings is 1. The number of rotatable bonds is 4. The number of piperidine rings is 1. The molecule has 0 N–H and O–H groups in total. The van der Waals surface area contributed by atoms with Gasteiger partial charge in [0.1, 0.15) is 10.8 Å². The molecule has 5 heteroatoms. The van der Waals surface area contributed by atoms with Crippen LogP contribution in [0.5, 0.6) is 0 Å². The Kier molecular flexibility index (Phi) is 4.71. The second kappa shape index (κ2) is 7.49. The maximum atomic E-state index is 6.07. The van der Waals surface area contributed by atoms with E-state index < -0.39 is 0 Å². The van der Waals surface area contributed by atoms with Crippen LogP contribution in [-0.2, 0) is 6.54 Å². The van der Waals surface area contributed by atoms with Crippen molar-refractivity contribution < 1.29 is 4.42 Å². The summed E-state index contributed by atoms with van der Waals surface area (Å²) in [6, 6.07) is 15.2. The van der Waals surface area contributed by atoms with Crippen molar-refractivity contribution in [3.8, 4) is 11.5 Å². The van der Waals surface area contributed by atoms with Gasteiger partial charge in [-0.05, 0) is 49.2 Å². The van der Waals surface area contributed by atoms with E-state index in [1.54, 1.807) is 11.3 Å². The first kappa shape index (κ1) is 17.6. The Hall–Kier alpha value is -2.50. The molecule has 2 aromatic carbocycles. The summed E-state index contributed by atoms with van der Waals surface area (Å²) in [4.78, 5) is 12.0. The smallest absolute Gasteiger partial charge is 0.226 e. The SMILES string of the molecule is Cc1oc(-c2ccc3ccccc3c2)nc1CN1CCCCC1c1nccs1. The van der Waals surface area contributed by atoms with Gasteiger partial charge in [0.05, 0.1) is 11.7 Å². The lowest BCUT2D eigenvalue weighted by atomic mass is 10.0. The van der Waals surface area contributed by atoms with E-state index in [9.17, 15) is 0 Å². The van der Waals surface area contributed by atoms with E-state index in [1.807, 2.05) is 13.1 Å². The van der Waals surface area contributed by atoms with Crippen molar-refractivity contribution in [2.45, 2.75) is 38.8 Å². The minimum absolute atomic E-state index is 0.397. The van der Waals surface area contributed by atoms with Crippen LogP contribution in [-0.4, -0.2) is 21.4 Å². The minimum atomic E-state index is 0.397. The van der Waals surface area contributed by atoms with E-state index in [0.29, 0.717) is 11.9 Å². The van der Waals surface area contributed by atoms with Crippen molar-refractivity contribution in [1.82, 2.24) is 14.9 Å². The summed E-state index contributed by atoms with van der Waals surface area (Å²) in [5.74, 6) is 1.62. The summed E-state index contributed by atoms with van der Waals surface area (Å²) in [5, 5.41) is 5.73. The highest BCUT2D eigenvalue weighted by Crippen LogP contribution is 2.34. The van der Waals surface area contributed by atoms with Crippen molar-refractivity contribution in [1.29, 1.82) is 0 Å². The van der Waals surface area contributed by atoms with Crippen LogP contribution in [0, 0.1) is 6.92 Å².